The van der Waals surface area contributed by atoms with E-state index in [1.54, 1.807) is 31.6 Å². The summed E-state index contributed by atoms with van der Waals surface area (Å²) in [5.41, 5.74) is 5.97. The Morgan fingerprint density at radius 2 is 1.91 bits per heavy atom. The summed E-state index contributed by atoms with van der Waals surface area (Å²) in [4.78, 5) is 21.9. The summed E-state index contributed by atoms with van der Waals surface area (Å²) < 4.78 is 12.0. The van der Waals surface area contributed by atoms with Crippen molar-refractivity contribution in [2.24, 2.45) is 4.99 Å². The molecule has 0 radical (unpaired) electrons. The molecule has 2 aromatic carbocycles. The molecule has 34 heavy (non-hydrogen) atoms. The van der Waals surface area contributed by atoms with Crippen molar-refractivity contribution in [3.63, 3.8) is 0 Å². The molecule has 0 aliphatic carbocycles. The lowest BCUT2D eigenvalue weighted by Crippen LogP contribution is -2.30. The van der Waals surface area contributed by atoms with Crippen LogP contribution in [0.4, 0.5) is 5.69 Å². The van der Waals surface area contributed by atoms with Crippen molar-refractivity contribution in [3.05, 3.63) is 82.7 Å². The molecule has 0 bridgehead atoms. The van der Waals surface area contributed by atoms with Gasteiger partial charge in [0.1, 0.15) is 5.60 Å². The van der Waals surface area contributed by atoms with Crippen molar-refractivity contribution in [3.8, 4) is 11.5 Å². The average molecular weight is 456 g/mol. The van der Waals surface area contributed by atoms with E-state index in [1.807, 2.05) is 24.3 Å². The number of benzene rings is 2. The predicted octanol–water partition coefficient (Wildman–Crippen LogP) is 5.23. The summed E-state index contributed by atoms with van der Waals surface area (Å²) in [5.74, 6) is 1.38. The van der Waals surface area contributed by atoms with Gasteiger partial charge in [0, 0.05) is 41.2 Å². The summed E-state index contributed by atoms with van der Waals surface area (Å²) in [6.45, 7) is 8.47. The van der Waals surface area contributed by atoms with Gasteiger partial charge in [-0.25, -0.2) is 0 Å². The number of pyridine rings is 1. The minimum atomic E-state index is -0.317. The fourth-order valence-electron chi connectivity index (χ4n) is 4.87. The number of nitrogens with one attached hydrogen (secondary N) is 1. The number of amides is 1. The first kappa shape index (κ1) is 22.1. The van der Waals surface area contributed by atoms with Crippen LogP contribution in [0.2, 0.25) is 0 Å². The summed E-state index contributed by atoms with van der Waals surface area (Å²) >= 11 is 0. The van der Waals surface area contributed by atoms with E-state index in [-0.39, 0.29) is 17.0 Å². The molecule has 1 amide bonds. The number of ether oxygens (including phenoxy) is 2. The second-order valence-electron chi connectivity index (χ2n) is 10.2. The third-order valence-electron chi connectivity index (χ3n) is 6.22. The number of aliphatic imine (C=N–C) groups is 1. The lowest BCUT2D eigenvalue weighted by Gasteiger charge is -2.31. The minimum absolute atomic E-state index is 0.197. The van der Waals surface area contributed by atoms with Crippen molar-refractivity contribution in [1.29, 1.82) is 0 Å². The molecule has 5 rings (SSSR count). The molecule has 6 nitrogen and oxygen atoms in total. The van der Waals surface area contributed by atoms with Crippen LogP contribution in [0.15, 0.2) is 59.9 Å². The number of fused-ring (bicyclic) bond motifs is 3. The van der Waals surface area contributed by atoms with Crippen LogP contribution in [0.25, 0.3) is 0 Å². The Kier molecular flexibility index (Phi) is 5.19. The topological polar surface area (TPSA) is 72.8 Å². The Bertz CT molecular complexity index is 1310. The Balaban J connectivity index is 1.59. The van der Waals surface area contributed by atoms with Crippen LogP contribution >= 0.6 is 0 Å². The van der Waals surface area contributed by atoms with Gasteiger partial charge in [0.05, 0.1) is 23.9 Å². The highest BCUT2D eigenvalue weighted by Gasteiger charge is 2.39. The normalized spacial score (nSPS) is 17.1. The van der Waals surface area contributed by atoms with E-state index in [9.17, 15) is 4.79 Å². The van der Waals surface area contributed by atoms with Crippen molar-refractivity contribution < 1.29 is 14.3 Å². The zero-order chi connectivity index (χ0) is 24.1. The molecule has 2 aliphatic rings. The molecular weight excluding hydrogens is 426 g/mol. The van der Waals surface area contributed by atoms with Gasteiger partial charge < -0.3 is 14.8 Å². The molecule has 3 heterocycles. The van der Waals surface area contributed by atoms with E-state index in [4.69, 9.17) is 14.5 Å². The zero-order valence-corrected chi connectivity index (χ0v) is 20.2. The fraction of sp³-hybridized carbons (Fsp3) is 0.321. The van der Waals surface area contributed by atoms with Crippen molar-refractivity contribution in [2.45, 2.75) is 51.7 Å². The number of nitrogens with zero attached hydrogens (tertiary/aromatic N) is 2. The quantitative estimate of drug-likeness (QED) is 0.585. The van der Waals surface area contributed by atoms with Crippen LogP contribution in [-0.4, -0.2) is 34.9 Å². The SMILES string of the molecule is COc1cc2c(c3c1OC(C)(C)C3)C(c1cccc(NC(=O)c3cccnc3)c1)=NC(C)(C)C2. The van der Waals surface area contributed by atoms with Gasteiger partial charge in [0.15, 0.2) is 11.5 Å². The monoisotopic (exact) mass is 455 g/mol. The van der Waals surface area contributed by atoms with Crippen LogP contribution < -0.4 is 14.8 Å². The number of anilines is 1. The maximum Gasteiger partial charge on any atom is 0.257 e. The maximum absolute atomic E-state index is 12.7. The van der Waals surface area contributed by atoms with Gasteiger partial charge >= 0.3 is 0 Å². The van der Waals surface area contributed by atoms with Crippen LogP contribution in [0.5, 0.6) is 11.5 Å². The fourth-order valence-corrected chi connectivity index (χ4v) is 4.87. The number of methoxy groups -OCH3 is 1. The third-order valence-corrected chi connectivity index (χ3v) is 6.22. The number of rotatable bonds is 4. The Labute approximate surface area is 200 Å². The molecule has 0 unspecified atom stereocenters. The van der Waals surface area contributed by atoms with Crippen molar-refractivity contribution >= 4 is 17.3 Å². The second-order valence-corrected chi connectivity index (χ2v) is 10.2. The standard InChI is InChI=1S/C28H29N3O3/c1-27(2)14-19-13-22(33-5)25-21(15-28(3,4)34-25)23(19)24(31-27)17-8-6-10-20(12-17)30-26(32)18-9-7-11-29-16-18/h6-13,16H,14-15H2,1-5H3,(H,30,32). The largest absolute Gasteiger partial charge is 0.493 e. The van der Waals surface area contributed by atoms with Gasteiger partial charge in [-0.05, 0) is 70.0 Å². The van der Waals surface area contributed by atoms with Gasteiger partial charge in [-0.15, -0.1) is 0 Å². The van der Waals surface area contributed by atoms with Gasteiger partial charge in [-0.1, -0.05) is 12.1 Å². The molecule has 1 aromatic heterocycles. The second kappa shape index (κ2) is 7.97. The molecule has 0 saturated carbocycles. The first-order valence-electron chi connectivity index (χ1n) is 11.5. The summed E-state index contributed by atoms with van der Waals surface area (Å²) in [7, 11) is 1.69. The zero-order valence-electron chi connectivity index (χ0n) is 20.2. The molecule has 0 saturated heterocycles. The average Bonchev–Trinajstić information content (AvgIpc) is 3.12. The smallest absolute Gasteiger partial charge is 0.257 e. The van der Waals surface area contributed by atoms with Gasteiger partial charge in [0.2, 0.25) is 0 Å². The summed E-state index contributed by atoms with van der Waals surface area (Å²) in [6.07, 6.45) is 4.80. The van der Waals surface area contributed by atoms with Gasteiger partial charge in [-0.3, -0.25) is 14.8 Å². The Morgan fingerprint density at radius 3 is 2.65 bits per heavy atom. The number of hydrogen-bond donors (Lipinski definition) is 1. The number of hydrogen-bond acceptors (Lipinski definition) is 5. The predicted molar refractivity (Wildman–Crippen MR) is 133 cm³/mol. The molecular formula is C28H29N3O3. The minimum Gasteiger partial charge on any atom is -0.493 e. The molecule has 0 atom stereocenters. The first-order valence-corrected chi connectivity index (χ1v) is 11.5. The Morgan fingerprint density at radius 1 is 1.09 bits per heavy atom. The van der Waals surface area contributed by atoms with E-state index >= 15 is 0 Å². The Hall–Kier alpha value is -3.67. The summed E-state index contributed by atoms with van der Waals surface area (Å²) in [5, 5.41) is 2.99. The molecule has 174 valence electrons. The van der Waals surface area contributed by atoms with E-state index in [1.165, 1.54) is 5.56 Å². The molecule has 0 spiro atoms. The van der Waals surface area contributed by atoms with Crippen molar-refractivity contribution in [1.82, 2.24) is 4.98 Å². The van der Waals surface area contributed by atoms with E-state index in [0.717, 1.165) is 46.7 Å². The highest BCUT2D eigenvalue weighted by molar-refractivity contribution is 6.17. The molecule has 0 fully saturated rings. The molecule has 6 heteroatoms. The highest BCUT2D eigenvalue weighted by Crippen LogP contribution is 2.47. The van der Waals surface area contributed by atoms with Gasteiger partial charge in [-0.2, -0.15) is 0 Å². The van der Waals surface area contributed by atoms with E-state index in [2.05, 4.69) is 44.1 Å². The number of aromatic nitrogens is 1. The van der Waals surface area contributed by atoms with Crippen LogP contribution in [0.1, 0.15) is 60.3 Å². The van der Waals surface area contributed by atoms with Crippen LogP contribution in [0.3, 0.4) is 0 Å². The lowest BCUT2D eigenvalue weighted by atomic mass is 9.81. The maximum atomic E-state index is 12.7. The van der Waals surface area contributed by atoms with E-state index < -0.39 is 0 Å². The lowest BCUT2D eigenvalue weighted by molar-refractivity contribution is 0.102. The van der Waals surface area contributed by atoms with Crippen molar-refractivity contribution in [2.75, 3.05) is 12.4 Å². The van der Waals surface area contributed by atoms with E-state index in [0.29, 0.717) is 11.3 Å². The highest BCUT2D eigenvalue weighted by atomic mass is 16.5. The van der Waals surface area contributed by atoms with Gasteiger partial charge in [0.25, 0.3) is 5.91 Å². The third kappa shape index (κ3) is 4.04. The molecule has 1 N–H and O–H groups in total. The summed E-state index contributed by atoms with van der Waals surface area (Å²) in [6, 6.07) is 13.4. The van der Waals surface area contributed by atoms with Crippen LogP contribution in [0, 0.1) is 0 Å². The molecule has 2 aliphatic heterocycles. The number of carbonyl (C=O) groups excluding carboxylic acids is 1. The first-order chi connectivity index (χ1) is 16.2. The number of carbonyl (C=O) groups is 1. The van der Waals surface area contributed by atoms with Crippen LogP contribution in [-0.2, 0) is 12.8 Å². The molecule has 3 aromatic rings.